The molecule has 0 amide bonds. The van der Waals surface area contributed by atoms with Crippen molar-refractivity contribution in [2.24, 2.45) is 0 Å². The van der Waals surface area contributed by atoms with Gasteiger partial charge in [0.2, 0.25) is 0 Å². The maximum atomic E-state index is 13.0. The second-order valence-corrected chi connectivity index (χ2v) is 4.43. The van der Waals surface area contributed by atoms with Gasteiger partial charge < -0.3 is 11.1 Å². The number of thiophene rings is 1. The fourth-order valence-electron chi connectivity index (χ4n) is 1.49. The molecule has 1 unspecified atom stereocenters. The van der Waals surface area contributed by atoms with Crippen molar-refractivity contribution >= 4 is 22.7 Å². The molecule has 1 aromatic heterocycles. The highest BCUT2D eigenvalue weighted by Crippen LogP contribution is 2.25. The van der Waals surface area contributed by atoms with Gasteiger partial charge in [0, 0.05) is 6.04 Å². The maximum Gasteiger partial charge on any atom is 0.125 e. The molecule has 0 saturated carbocycles. The number of halogens is 1. The molecule has 0 aliphatic carbocycles. The van der Waals surface area contributed by atoms with Crippen LogP contribution in [0.2, 0.25) is 0 Å². The standard InChI is InChI=1S/C12H13FN2S/c1-8(9-4-5-16-7-9)15-12-6-10(13)2-3-11(12)14/h2-8,15H,14H2,1H3. The zero-order valence-electron chi connectivity index (χ0n) is 8.91. The highest BCUT2D eigenvalue weighted by molar-refractivity contribution is 7.07. The molecule has 2 aromatic rings. The van der Waals surface area contributed by atoms with Gasteiger partial charge in [-0.1, -0.05) is 0 Å². The van der Waals surface area contributed by atoms with Gasteiger partial charge in [-0.3, -0.25) is 0 Å². The molecule has 16 heavy (non-hydrogen) atoms. The van der Waals surface area contributed by atoms with Crippen molar-refractivity contribution in [3.05, 3.63) is 46.4 Å². The first-order valence-electron chi connectivity index (χ1n) is 5.00. The summed E-state index contributed by atoms with van der Waals surface area (Å²) in [6.45, 7) is 2.02. The van der Waals surface area contributed by atoms with Gasteiger partial charge in [-0.25, -0.2) is 4.39 Å². The Morgan fingerprint density at radius 1 is 1.38 bits per heavy atom. The Balaban J connectivity index is 2.17. The minimum Gasteiger partial charge on any atom is -0.397 e. The average molecular weight is 236 g/mol. The molecule has 2 nitrogen and oxygen atoms in total. The van der Waals surface area contributed by atoms with E-state index in [4.69, 9.17) is 5.73 Å². The molecule has 2 rings (SSSR count). The second-order valence-electron chi connectivity index (χ2n) is 3.65. The van der Waals surface area contributed by atoms with Crippen molar-refractivity contribution in [1.82, 2.24) is 0 Å². The van der Waals surface area contributed by atoms with Crippen molar-refractivity contribution in [3.63, 3.8) is 0 Å². The van der Waals surface area contributed by atoms with Gasteiger partial charge in [0.25, 0.3) is 0 Å². The molecule has 0 saturated heterocycles. The third kappa shape index (κ3) is 2.33. The van der Waals surface area contributed by atoms with E-state index in [9.17, 15) is 4.39 Å². The van der Waals surface area contributed by atoms with E-state index < -0.39 is 0 Å². The summed E-state index contributed by atoms with van der Waals surface area (Å²) in [6.07, 6.45) is 0. The van der Waals surface area contributed by atoms with Crippen LogP contribution in [-0.4, -0.2) is 0 Å². The number of nitrogens with one attached hydrogen (secondary N) is 1. The van der Waals surface area contributed by atoms with E-state index >= 15 is 0 Å². The first-order valence-corrected chi connectivity index (χ1v) is 5.95. The van der Waals surface area contributed by atoms with Crippen LogP contribution >= 0.6 is 11.3 Å². The zero-order chi connectivity index (χ0) is 11.5. The van der Waals surface area contributed by atoms with Crippen LogP contribution in [0.1, 0.15) is 18.5 Å². The average Bonchev–Trinajstić information content (AvgIpc) is 2.76. The minimum atomic E-state index is -0.283. The van der Waals surface area contributed by atoms with Crippen LogP contribution in [0.4, 0.5) is 15.8 Å². The van der Waals surface area contributed by atoms with E-state index in [1.54, 1.807) is 17.4 Å². The molecule has 0 spiro atoms. The fourth-order valence-corrected chi connectivity index (χ4v) is 2.25. The van der Waals surface area contributed by atoms with Crippen LogP contribution in [0, 0.1) is 5.82 Å². The van der Waals surface area contributed by atoms with Crippen molar-refractivity contribution in [3.8, 4) is 0 Å². The molecule has 0 aliphatic rings. The Labute approximate surface area is 97.9 Å². The lowest BCUT2D eigenvalue weighted by molar-refractivity contribution is 0.628. The number of benzene rings is 1. The summed E-state index contributed by atoms with van der Waals surface area (Å²) in [5.74, 6) is -0.283. The van der Waals surface area contributed by atoms with E-state index in [1.165, 1.54) is 17.7 Å². The Hall–Kier alpha value is -1.55. The highest BCUT2D eigenvalue weighted by Gasteiger charge is 2.08. The van der Waals surface area contributed by atoms with Crippen LogP contribution in [0.3, 0.4) is 0 Å². The largest absolute Gasteiger partial charge is 0.397 e. The summed E-state index contributed by atoms with van der Waals surface area (Å²) >= 11 is 1.64. The minimum absolute atomic E-state index is 0.121. The third-order valence-electron chi connectivity index (χ3n) is 2.43. The van der Waals surface area contributed by atoms with Crippen LogP contribution in [0.5, 0.6) is 0 Å². The van der Waals surface area contributed by atoms with E-state index in [2.05, 4.69) is 10.7 Å². The Bertz CT molecular complexity index is 468. The highest BCUT2D eigenvalue weighted by atomic mass is 32.1. The first kappa shape index (κ1) is 11.0. The molecular weight excluding hydrogens is 223 g/mol. The van der Waals surface area contributed by atoms with E-state index in [0.717, 1.165) is 0 Å². The van der Waals surface area contributed by atoms with Crippen LogP contribution in [0.15, 0.2) is 35.0 Å². The Morgan fingerprint density at radius 2 is 2.19 bits per heavy atom. The van der Waals surface area contributed by atoms with E-state index in [0.29, 0.717) is 11.4 Å². The lowest BCUT2D eigenvalue weighted by Gasteiger charge is -2.15. The van der Waals surface area contributed by atoms with Crippen LogP contribution < -0.4 is 11.1 Å². The van der Waals surface area contributed by atoms with Gasteiger partial charge in [-0.15, -0.1) is 0 Å². The topological polar surface area (TPSA) is 38.0 Å². The van der Waals surface area contributed by atoms with Gasteiger partial charge in [-0.05, 0) is 47.5 Å². The molecule has 3 N–H and O–H groups in total. The quantitative estimate of drug-likeness (QED) is 0.798. The third-order valence-corrected chi connectivity index (χ3v) is 3.13. The molecule has 4 heteroatoms. The molecule has 1 heterocycles. The summed E-state index contributed by atoms with van der Waals surface area (Å²) in [4.78, 5) is 0. The summed E-state index contributed by atoms with van der Waals surface area (Å²) in [5, 5.41) is 7.27. The molecule has 1 aromatic carbocycles. The number of rotatable bonds is 3. The number of hydrogen-bond acceptors (Lipinski definition) is 3. The fraction of sp³-hybridized carbons (Fsp3) is 0.167. The molecule has 0 fully saturated rings. The van der Waals surface area contributed by atoms with Gasteiger partial charge in [-0.2, -0.15) is 11.3 Å². The Morgan fingerprint density at radius 3 is 2.88 bits per heavy atom. The number of nitrogens with two attached hydrogens (primary N) is 1. The maximum absolute atomic E-state index is 13.0. The summed E-state index contributed by atoms with van der Waals surface area (Å²) in [7, 11) is 0. The van der Waals surface area contributed by atoms with Crippen molar-refractivity contribution < 1.29 is 4.39 Å². The molecule has 0 bridgehead atoms. The summed E-state index contributed by atoms with van der Waals surface area (Å²) < 4.78 is 13.0. The van der Waals surface area contributed by atoms with Crippen molar-refractivity contribution in [2.75, 3.05) is 11.1 Å². The zero-order valence-corrected chi connectivity index (χ0v) is 9.72. The number of anilines is 2. The lowest BCUT2D eigenvalue weighted by Crippen LogP contribution is -2.07. The molecule has 1 atom stereocenters. The second kappa shape index (κ2) is 4.53. The number of hydrogen-bond donors (Lipinski definition) is 2. The lowest BCUT2D eigenvalue weighted by atomic mass is 10.1. The van der Waals surface area contributed by atoms with Gasteiger partial charge >= 0.3 is 0 Å². The van der Waals surface area contributed by atoms with Gasteiger partial charge in [0.15, 0.2) is 0 Å². The van der Waals surface area contributed by atoms with Crippen LogP contribution in [-0.2, 0) is 0 Å². The van der Waals surface area contributed by atoms with Gasteiger partial charge in [0.1, 0.15) is 5.82 Å². The smallest absolute Gasteiger partial charge is 0.125 e. The van der Waals surface area contributed by atoms with E-state index in [1.807, 2.05) is 18.4 Å². The first-order chi connectivity index (χ1) is 7.66. The normalized spacial score (nSPS) is 12.4. The van der Waals surface area contributed by atoms with Crippen molar-refractivity contribution in [1.29, 1.82) is 0 Å². The molecule has 0 aliphatic heterocycles. The predicted molar refractivity (Wildman–Crippen MR) is 67.2 cm³/mol. The monoisotopic (exact) mass is 236 g/mol. The predicted octanol–water partition coefficient (Wildman–Crippen LogP) is 3.64. The number of nitrogen functional groups attached to an aromatic ring is 1. The molecular formula is C12H13FN2S. The molecule has 0 radical (unpaired) electrons. The van der Waals surface area contributed by atoms with Crippen molar-refractivity contribution in [2.45, 2.75) is 13.0 Å². The SMILES string of the molecule is CC(Nc1cc(F)ccc1N)c1ccsc1. The van der Waals surface area contributed by atoms with E-state index in [-0.39, 0.29) is 11.9 Å². The Kier molecular flexibility index (Phi) is 3.10. The summed E-state index contributed by atoms with van der Waals surface area (Å²) in [6, 6.07) is 6.50. The van der Waals surface area contributed by atoms with Gasteiger partial charge in [0.05, 0.1) is 11.4 Å². The summed E-state index contributed by atoms with van der Waals surface area (Å²) in [5.41, 5.74) is 8.14. The van der Waals surface area contributed by atoms with Crippen LogP contribution in [0.25, 0.3) is 0 Å². The molecule has 84 valence electrons.